The largest absolute Gasteiger partial charge is 0.361 e. The maximum Gasteiger partial charge on any atom is 0.0589 e. The quantitative estimate of drug-likeness (QED) is 0.421. The minimum Gasteiger partial charge on any atom is -0.361 e. The van der Waals surface area contributed by atoms with Crippen molar-refractivity contribution in [3.63, 3.8) is 0 Å². The van der Waals surface area contributed by atoms with Crippen LogP contribution < -0.4 is 0 Å². The summed E-state index contributed by atoms with van der Waals surface area (Å²) in [6, 6.07) is 16.3. The molecule has 2 aromatic carbocycles. The van der Waals surface area contributed by atoms with Gasteiger partial charge < -0.3 is 9.97 Å². The molecule has 106 valence electrons. The molecule has 0 saturated heterocycles. The van der Waals surface area contributed by atoms with Crippen molar-refractivity contribution in [3.8, 4) is 0 Å². The second-order valence-corrected chi connectivity index (χ2v) is 5.07. The highest BCUT2D eigenvalue weighted by Crippen LogP contribution is 2.17. The second-order valence-electron chi connectivity index (χ2n) is 5.07. The van der Waals surface area contributed by atoms with Crippen LogP contribution in [-0.2, 0) is 0 Å². The van der Waals surface area contributed by atoms with E-state index in [2.05, 4.69) is 32.3 Å². The Kier molecular flexibility index (Phi) is 3.05. The number of fused-ring (bicyclic) bond motifs is 2. The van der Waals surface area contributed by atoms with Crippen LogP contribution in [0.2, 0.25) is 0 Å². The van der Waals surface area contributed by atoms with Crippen LogP contribution >= 0.6 is 0 Å². The monoisotopic (exact) mass is 286 g/mol. The maximum absolute atomic E-state index is 4.16. The van der Waals surface area contributed by atoms with Gasteiger partial charge in [0.1, 0.15) is 0 Å². The average Bonchev–Trinajstić information content (AvgIpc) is 3.16. The van der Waals surface area contributed by atoms with Gasteiger partial charge in [-0.1, -0.05) is 36.4 Å². The summed E-state index contributed by atoms with van der Waals surface area (Å²) in [5.74, 6) is 0. The van der Waals surface area contributed by atoms with Crippen LogP contribution in [0.1, 0.15) is 11.1 Å². The third-order valence-corrected chi connectivity index (χ3v) is 3.70. The smallest absolute Gasteiger partial charge is 0.0589 e. The summed E-state index contributed by atoms with van der Waals surface area (Å²) in [6.45, 7) is 0. The van der Waals surface area contributed by atoms with Crippen molar-refractivity contribution in [2.24, 2.45) is 10.2 Å². The Hall–Kier alpha value is -3.14. The molecule has 4 heteroatoms. The van der Waals surface area contributed by atoms with Crippen LogP contribution in [0.15, 0.2) is 71.1 Å². The lowest BCUT2D eigenvalue weighted by Gasteiger charge is -1.90. The molecule has 0 spiro atoms. The topological polar surface area (TPSA) is 56.3 Å². The van der Waals surface area contributed by atoms with Gasteiger partial charge in [-0.05, 0) is 12.1 Å². The summed E-state index contributed by atoms with van der Waals surface area (Å²) >= 11 is 0. The molecule has 2 aromatic heterocycles. The SMILES string of the molecule is C(=N/N=C\c1c[nH]c2ccccc12)/c1c[nH]c2ccccc12. The number of para-hydroxylation sites is 2. The Labute approximate surface area is 127 Å². The molecule has 4 aromatic rings. The number of aromatic amines is 2. The predicted molar refractivity (Wildman–Crippen MR) is 91.8 cm³/mol. The van der Waals surface area contributed by atoms with Crippen molar-refractivity contribution in [1.82, 2.24) is 9.97 Å². The van der Waals surface area contributed by atoms with Gasteiger partial charge in [0.15, 0.2) is 0 Å². The molecule has 0 atom stereocenters. The van der Waals surface area contributed by atoms with Gasteiger partial charge in [-0.15, -0.1) is 0 Å². The number of H-pyrrole nitrogens is 2. The first-order valence-electron chi connectivity index (χ1n) is 7.10. The van der Waals surface area contributed by atoms with Crippen LogP contribution in [-0.4, -0.2) is 22.4 Å². The molecule has 4 nitrogen and oxygen atoms in total. The standard InChI is InChI=1S/C18H14N4/c1-3-7-17-15(5-1)13(9-19-17)11-21-22-12-14-10-20-18-8-4-2-6-16(14)18/h1-12,19-20H/b21-11-,22-12-. The Bertz CT molecular complexity index is 906. The molecule has 0 unspecified atom stereocenters. The second kappa shape index (κ2) is 5.33. The summed E-state index contributed by atoms with van der Waals surface area (Å²) in [7, 11) is 0. The fraction of sp³-hybridized carbons (Fsp3) is 0. The highest BCUT2D eigenvalue weighted by atomic mass is 15.2. The third-order valence-electron chi connectivity index (χ3n) is 3.70. The molecule has 0 aliphatic rings. The average molecular weight is 286 g/mol. The zero-order valence-corrected chi connectivity index (χ0v) is 11.8. The van der Waals surface area contributed by atoms with Crippen LogP contribution in [0.25, 0.3) is 21.8 Å². The van der Waals surface area contributed by atoms with Gasteiger partial charge in [0.2, 0.25) is 0 Å². The highest BCUT2D eigenvalue weighted by Gasteiger charge is 2.00. The van der Waals surface area contributed by atoms with E-state index in [1.807, 2.05) is 48.8 Å². The number of hydrogen-bond acceptors (Lipinski definition) is 2. The molecule has 0 radical (unpaired) electrons. The first kappa shape index (κ1) is 12.6. The molecule has 2 heterocycles. The number of benzene rings is 2. The lowest BCUT2D eigenvalue weighted by atomic mass is 10.2. The fourth-order valence-corrected chi connectivity index (χ4v) is 2.59. The zero-order valence-electron chi connectivity index (χ0n) is 11.8. The van der Waals surface area contributed by atoms with Crippen LogP contribution in [0.3, 0.4) is 0 Å². The van der Waals surface area contributed by atoms with Gasteiger partial charge in [-0.3, -0.25) is 0 Å². The first-order chi connectivity index (χ1) is 10.9. The number of nitrogens with one attached hydrogen (secondary N) is 2. The van der Waals surface area contributed by atoms with Crippen molar-refractivity contribution in [3.05, 3.63) is 72.1 Å². The lowest BCUT2D eigenvalue weighted by Crippen LogP contribution is -1.78. The van der Waals surface area contributed by atoms with E-state index in [1.54, 1.807) is 12.4 Å². The Morgan fingerprint density at radius 3 is 1.59 bits per heavy atom. The minimum absolute atomic E-state index is 1.03. The van der Waals surface area contributed by atoms with Crippen LogP contribution in [0, 0.1) is 0 Å². The number of aromatic nitrogens is 2. The Morgan fingerprint density at radius 2 is 1.09 bits per heavy atom. The van der Waals surface area contributed by atoms with Crippen molar-refractivity contribution in [1.29, 1.82) is 0 Å². The molecule has 0 bridgehead atoms. The van der Waals surface area contributed by atoms with E-state index < -0.39 is 0 Å². The summed E-state index contributed by atoms with van der Waals surface area (Å²) < 4.78 is 0. The predicted octanol–water partition coefficient (Wildman–Crippen LogP) is 4.10. The normalized spacial score (nSPS) is 12.2. The van der Waals surface area contributed by atoms with E-state index in [1.165, 1.54) is 0 Å². The molecule has 0 fully saturated rings. The number of hydrogen-bond donors (Lipinski definition) is 2. The van der Waals surface area contributed by atoms with Gasteiger partial charge in [0.05, 0.1) is 12.4 Å². The molecule has 0 aliphatic carbocycles. The summed E-state index contributed by atoms with van der Waals surface area (Å²) in [4.78, 5) is 6.44. The van der Waals surface area contributed by atoms with Gasteiger partial charge in [-0.2, -0.15) is 10.2 Å². The van der Waals surface area contributed by atoms with E-state index in [0.29, 0.717) is 0 Å². The molecule has 0 amide bonds. The third kappa shape index (κ3) is 2.20. The molecular formula is C18H14N4. The molecular weight excluding hydrogens is 272 g/mol. The lowest BCUT2D eigenvalue weighted by molar-refractivity contribution is 1.27. The zero-order chi connectivity index (χ0) is 14.8. The van der Waals surface area contributed by atoms with Crippen LogP contribution in [0.4, 0.5) is 0 Å². The van der Waals surface area contributed by atoms with Gasteiger partial charge >= 0.3 is 0 Å². The minimum atomic E-state index is 1.03. The molecule has 22 heavy (non-hydrogen) atoms. The Morgan fingerprint density at radius 1 is 0.636 bits per heavy atom. The van der Waals surface area contributed by atoms with Gasteiger partial charge in [0, 0.05) is 45.3 Å². The Balaban J connectivity index is 1.59. The molecule has 2 N–H and O–H groups in total. The molecule has 4 rings (SSSR count). The van der Waals surface area contributed by atoms with E-state index in [4.69, 9.17) is 0 Å². The van der Waals surface area contributed by atoms with Crippen LogP contribution in [0.5, 0.6) is 0 Å². The summed E-state index contributed by atoms with van der Waals surface area (Å²) in [5.41, 5.74) is 4.27. The summed E-state index contributed by atoms with van der Waals surface area (Å²) in [5, 5.41) is 10.6. The van der Waals surface area contributed by atoms with E-state index >= 15 is 0 Å². The first-order valence-corrected chi connectivity index (χ1v) is 7.10. The number of nitrogens with zero attached hydrogens (tertiary/aromatic N) is 2. The highest BCUT2D eigenvalue weighted by molar-refractivity contribution is 6.00. The van der Waals surface area contributed by atoms with Crippen molar-refractivity contribution in [2.45, 2.75) is 0 Å². The van der Waals surface area contributed by atoms with E-state index in [0.717, 1.165) is 32.9 Å². The van der Waals surface area contributed by atoms with E-state index in [-0.39, 0.29) is 0 Å². The molecule has 0 aliphatic heterocycles. The van der Waals surface area contributed by atoms with Crippen molar-refractivity contribution < 1.29 is 0 Å². The van der Waals surface area contributed by atoms with Gasteiger partial charge in [-0.25, -0.2) is 0 Å². The number of rotatable bonds is 3. The van der Waals surface area contributed by atoms with Crippen molar-refractivity contribution in [2.75, 3.05) is 0 Å². The molecule has 0 saturated carbocycles. The van der Waals surface area contributed by atoms with Gasteiger partial charge in [0.25, 0.3) is 0 Å². The maximum atomic E-state index is 4.16. The van der Waals surface area contributed by atoms with E-state index in [9.17, 15) is 0 Å². The summed E-state index contributed by atoms with van der Waals surface area (Å²) in [6.07, 6.45) is 7.42. The fourth-order valence-electron chi connectivity index (χ4n) is 2.59. The van der Waals surface area contributed by atoms with Crippen molar-refractivity contribution >= 4 is 34.2 Å².